The Morgan fingerprint density at radius 2 is 2.00 bits per heavy atom. The van der Waals surface area contributed by atoms with Crippen LogP contribution in [-0.2, 0) is 4.74 Å². The third-order valence-electron chi connectivity index (χ3n) is 4.40. The Kier molecular flexibility index (Phi) is 5.46. The molecule has 1 aromatic heterocycles. The molecule has 1 fully saturated rings. The molecule has 6 nitrogen and oxygen atoms in total. The van der Waals surface area contributed by atoms with Gasteiger partial charge in [-0.3, -0.25) is 0 Å². The van der Waals surface area contributed by atoms with E-state index in [9.17, 15) is 4.79 Å². The number of likely N-dealkylation sites (tertiary alicyclic amines) is 1. The normalized spacial score (nSPS) is 15.5. The van der Waals surface area contributed by atoms with Crippen molar-refractivity contribution in [2.24, 2.45) is 0 Å². The second kappa shape index (κ2) is 7.95. The van der Waals surface area contributed by atoms with Gasteiger partial charge in [0.25, 0.3) is 0 Å². The van der Waals surface area contributed by atoms with Gasteiger partial charge < -0.3 is 9.64 Å². The molecular weight excluding hydrogens is 304 g/mol. The lowest BCUT2D eigenvalue weighted by Gasteiger charge is -2.31. The molecule has 0 N–H and O–H groups in total. The van der Waals surface area contributed by atoms with Gasteiger partial charge in [0.15, 0.2) is 0 Å². The van der Waals surface area contributed by atoms with Crippen molar-refractivity contribution >= 4 is 6.09 Å². The molecule has 0 unspecified atom stereocenters. The van der Waals surface area contributed by atoms with Gasteiger partial charge in [-0.1, -0.05) is 48.9 Å². The van der Waals surface area contributed by atoms with Crippen LogP contribution in [0, 0.1) is 0 Å². The quantitative estimate of drug-likeness (QED) is 0.788. The number of aromatic nitrogens is 3. The summed E-state index contributed by atoms with van der Waals surface area (Å²) in [6.45, 7) is 4.01. The molecule has 0 radical (unpaired) electrons. The molecule has 0 bridgehead atoms. The van der Waals surface area contributed by atoms with E-state index in [2.05, 4.69) is 17.2 Å². The van der Waals surface area contributed by atoms with Crippen LogP contribution in [-0.4, -0.2) is 45.7 Å². The van der Waals surface area contributed by atoms with Crippen molar-refractivity contribution in [3.8, 4) is 11.3 Å². The van der Waals surface area contributed by atoms with E-state index >= 15 is 0 Å². The highest BCUT2D eigenvalue weighted by atomic mass is 16.6. The molecule has 24 heavy (non-hydrogen) atoms. The summed E-state index contributed by atoms with van der Waals surface area (Å²) in [5.41, 5.74) is 1.96. The van der Waals surface area contributed by atoms with E-state index in [1.54, 1.807) is 4.90 Å². The zero-order valence-corrected chi connectivity index (χ0v) is 14.1. The Labute approximate surface area is 142 Å². The predicted octanol–water partition coefficient (Wildman–Crippen LogP) is 3.52. The molecule has 1 saturated heterocycles. The second-order valence-corrected chi connectivity index (χ2v) is 6.14. The van der Waals surface area contributed by atoms with Crippen molar-refractivity contribution in [2.75, 3.05) is 19.7 Å². The van der Waals surface area contributed by atoms with Gasteiger partial charge in [-0.2, -0.15) is 0 Å². The maximum Gasteiger partial charge on any atom is 0.409 e. The minimum Gasteiger partial charge on any atom is -0.449 e. The van der Waals surface area contributed by atoms with Crippen LogP contribution in [0.5, 0.6) is 0 Å². The van der Waals surface area contributed by atoms with Crippen molar-refractivity contribution in [1.29, 1.82) is 0 Å². The lowest BCUT2D eigenvalue weighted by molar-refractivity contribution is 0.0863. The fraction of sp³-hybridized carbons (Fsp3) is 0.500. The summed E-state index contributed by atoms with van der Waals surface area (Å²) in [7, 11) is 0. The van der Waals surface area contributed by atoms with Crippen molar-refractivity contribution in [2.45, 2.75) is 38.6 Å². The van der Waals surface area contributed by atoms with E-state index in [1.165, 1.54) is 0 Å². The summed E-state index contributed by atoms with van der Waals surface area (Å²) >= 11 is 0. The van der Waals surface area contributed by atoms with Crippen molar-refractivity contribution in [1.82, 2.24) is 19.9 Å². The van der Waals surface area contributed by atoms with Crippen molar-refractivity contribution < 1.29 is 9.53 Å². The third kappa shape index (κ3) is 3.93. The smallest absolute Gasteiger partial charge is 0.409 e. The third-order valence-corrected chi connectivity index (χ3v) is 4.40. The summed E-state index contributed by atoms with van der Waals surface area (Å²) in [5, 5.41) is 8.55. The second-order valence-electron chi connectivity index (χ2n) is 6.14. The number of amides is 1. The molecule has 0 spiro atoms. The lowest BCUT2D eigenvalue weighted by Crippen LogP contribution is -2.39. The molecule has 3 rings (SSSR count). The Morgan fingerprint density at radius 3 is 2.71 bits per heavy atom. The number of benzene rings is 1. The molecule has 1 aliphatic rings. The summed E-state index contributed by atoms with van der Waals surface area (Å²) < 4.78 is 7.21. The fourth-order valence-electron chi connectivity index (χ4n) is 2.90. The number of nitrogens with zero attached hydrogens (tertiary/aromatic N) is 4. The number of unbranched alkanes of at least 4 members (excludes halogenated alkanes) is 1. The van der Waals surface area contributed by atoms with Gasteiger partial charge in [0, 0.05) is 18.7 Å². The van der Waals surface area contributed by atoms with Crippen LogP contribution in [0.3, 0.4) is 0 Å². The first kappa shape index (κ1) is 16.5. The molecule has 2 heterocycles. The van der Waals surface area contributed by atoms with Crippen molar-refractivity contribution in [3.63, 3.8) is 0 Å². The Hall–Kier alpha value is -2.37. The van der Waals surface area contributed by atoms with E-state index < -0.39 is 0 Å². The molecule has 1 aliphatic heterocycles. The van der Waals surface area contributed by atoms with Gasteiger partial charge in [-0.25, -0.2) is 9.48 Å². The fourth-order valence-corrected chi connectivity index (χ4v) is 2.90. The van der Waals surface area contributed by atoms with Crippen LogP contribution < -0.4 is 0 Å². The van der Waals surface area contributed by atoms with Crippen LogP contribution in [0.25, 0.3) is 11.3 Å². The minimum atomic E-state index is -0.189. The average Bonchev–Trinajstić information content (AvgIpc) is 3.13. The topological polar surface area (TPSA) is 60.2 Å². The van der Waals surface area contributed by atoms with Crippen LogP contribution in [0.15, 0.2) is 36.5 Å². The summed E-state index contributed by atoms with van der Waals surface area (Å²) in [6, 6.07) is 10.3. The highest BCUT2D eigenvalue weighted by Gasteiger charge is 2.25. The van der Waals surface area contributed by atoms with Gasteiger partial charge in [0.05, 0.1) is 18.8 Å². The molecule has 1 aromatic carbocycles. The van der Waals surface area contributed by atoms with Crippen LogP contribution >= 0.6 is 0 Å². The zero-order valence-electron chi connectivity index (χ0n) is 14.1. The van der Waals surface area contributed by atoms with E-state index in [-0.39, 0.29) is 12.1 Å². The molecule has 128 valence electrons. The van der Waals surface area contributed by atoms with Gasteiger partial charge in [-0.15, -0.1) is 5.10 Å². The monoisotopic (exact) mass is 328 g/mol. The minimum absolute atomic E-state index is 0.189. The molecule has 6 heteroatoms. The predicted molar refractivity (Wildman–Crippen MR) is 91.6 cm³/mol. The van der Waals surface area contributed by atoms with E-state index in [0.717, 1.165) is 36.9 Å². The Balaban J connectivity index is 1.54. The number of rotatable bonds is 5. The first-order valence-corrected chi connectivity index (χ1v) is 8.67. The number of ether oxygens (including phenoxy) is 1. The van der Waals surface area contributed by atoms with Crippen molar-refractivity contribution in [3.05, 3.63) is 36.5 Å². The summed E-state index contributed by atoms with van der Waals surface area (Å²) in [4.78, 5) is 13.8. The first-order valence-electron chi connectivity index (χ1n) is 8.67. The Bertz CT molecular complexity index is 648. The van der Waals surface area contributed by atoms with E-state index in [1.807, 2.05) is 41.2 Å². The summed E-state index contributed by atoms with van der Waals surface area (Å²) in [5.74, 6) is 0. The van der Waals surface area contributed by atoms with Crippen LogP contribution in [0.2, 0.25) is 0 Å². The van der Waals surface area contributed by atoms with Gasteiger partial charge >= 0.3 is 6.09 Å². The molecule has 0 atom stereocenters. The first-order chi connectivity index (χ1) is 11.8. The zero-order chi connectivity index (χ0) is 16.8. The maximum atomic E-state index is 12.0. The molecular formula is C18H24N4O2. The summed E-state index contributed by atoms with van der Waals surface area (Å²) in [6.07, 6.45) is 5.51. The molecule has 2 aromatic rings. The van der Waals surface area contributed by atoms with Crippen LogP contribution in [0.1, 0.15) is 38.6 Å². The van der Waals surface area contributed by atoms with Crippen LogP contribution in [0.4, 0.5) is 4.79 Å². The number of carbonyl (C=O) groups is 1. The van der Waals surface area contributed by atoms with E-state index in [0.29, 0.717) is 19.7 Å². The molecule has 1 amide bonds. The van der Waals surface area contributed by atoms with Gasteiger partial charge in [0.2, 0.25) is 0 Å². The Morgan fingerprint density at radius 1 is 1.25 bits per heavy atom. The van der Waals surface area contributed by atoms with Gasteiger partial charge in [-0.05, 0) is 19.3 Å². The SMILES string of the molecule is CCCCOC(=O)N1CCC(n2cc(-c3ccccc3)nn2)CC1. The largest absolute Gasteiger partial charge is 0.449 e. The van der Waals surface area contributed by atoms with E-state index in [4.69, 9.17) is 4.74 Å². The number of piperidine rings is 1. The highest BCUT2D eigenvalue weighted by Crippen LogP contribution is 2.24. The molecule has 0 saturated carbocycles. The molecule has 0 aliphatic carbocycles. The number of hydrogen-bond donors (Lipinski definition) is 0. The van der Waals surface area contributed by atoms with Gasteiger partial charge in [0.1, 0.15) is 5.69 Å². The average molecular weight is 328 g/mol. The number of carbonyl (C=O) groups excluding carboxylic acids is 1. The maximum absolute atomic E-state index is 12.0. The number of hydrogen-bond acceptors (Lipinski definition) is 4. The standard InChI is InChI=1S/C18H24N4O2/c1-2-3-13-24-18(23)21-11-9-16(10-12-21)22-14-17(19-20-22)15-7-5-4-6-8-15/h4-8,14,16H,2-3,9-13H2,1H3. The lowest BCUT2D eigenvalue weighted by atomic mass is 10.1. The highest BCUT2D eigenvalue weighted by molar-refractivity contribution is 5.67.